The Morgan fingerprint density at radius 1 is 0.514 bits per heavy atom. The van der Waals surface area contributed by atoms with Gasteiger partial charge in [-0.15, -0.1) is 0 Å². The Bertz CT molecular complexity index is 2400. The molecule has 402 valence electrons. The molecule has 0 aromatic heterocycles. The molecule has 23 nitrogen and oxygen atoms in total. The number of unbranched alkanes of at least 4 members (excludes halogenated alkanes) is 1. The number of aliphatic carboxylic acids is 6. The van der Waals surface area contributed by atoms with E-state index < -0.39 is 90.6 Å². The van der Waals surface area contributed by atoms with Crippen molar-refractivity contribution in [2.24, 2.45) is 11.8 Å². The zero-order valence-electron chi connectivity index (χ0n) is 41.2. The number of hydrogen-bond donors (Lipinski definition) is 9. The average Bonchev–Trinajstić information content (AvgIpc) is 3.34. The zero-order valence-corrected chi connectivity index (χ0v) is 41.2. The van der Waals surface area contributed by atoms with Gasteiger partial charge in [-0.3, -0.25) is 67.5 Å². The van der Waals surface area contributed by atoms with Gasteiger partial charge in [0.15, 0.2) is 0 Å². The molecule has 74 heavy (non-hydrogen) atoms. The van der Waals surface area contributed by atoms with E-state index in [0.717, 1.165) is 16.3 Å². The summed E-state index contributed by atoms with van der Waals surface area (Å²) in [7, 11) is 0. The number of nitrogens with zero attached hydrogens (tertiary/aromatic N) is 4. The number of carboxylic acids is 6. The molecule has 3 amide bonds. The van der Waals surface area contributed by atoms with Crippen molar-refractivity contribution in [1.29, 1.82) is 0 Å². The van der Waals surface area contributed by atoms with Crippen LogP contribution in [0.15, 0.2) is 66.7 Å². The van der Waals surface area contributed by atoms with Crippen molar-refractivity contribution in [1.82, 2.24) is 35.6 Å². The largest absolute Gasteiger partial charge is 0.481 e. The standard InChI is InChI=1S/C51H67N7O16/c59-41(28-40(51(73)74)14-15-44(61)62)27-39(50(71)72)7-3-4-16-52-49(70)42(26-35-10-11-36-5-1-2-6-38(36)25-35)54-48(69)37-12-8-34(9-13-37)29-53-43(60)30-55-17-19-56(31-45(63)64)21-23-58(33-47(67)68)24-22-57(20-18-55)32-46(65)66/h1-2,5-6,8-13,25,39-40,42H,3-4,7,14-24,26-33H2,(H,52,70)(H,53,60)(H,54,69)(H,61,62)(H,63,64)(H,65,66)(H,67,68)(H,71,72)(H,73,74)/t39-,40-,42?/m1/s1. The number of fused-ring (bicyclic) bond motifs is 1. The van der Waals surface area contributed by atoms with E-state index in [2.05, 4.69) is 16.0 Å². The number of ketones is 1. The predicted octanol–water partition coefficient (Wildman–Crippen LogP) is 1.17. The second-order valence-corrected chi connectivity index (χ2v) is 18.4. The molecule has 3 atom stereocenters. The summed E-state index contributed by atoms with van der Waals surface area (Å²) in [4.78, 5) is 129. The molecule has 23 heteroatoms. The monoisotopic (exact) mass is 1030 g/mol. The molecule has 4 rings (SSSR count). The van der Waals surface area contributed by atoms with E-state index in [1.165, 1.54) is 0 Å². The normalized spacial score (nSPS) is 15.6. The van der Waals surface area contributed by atoms with E-state index in [9.17, 15) is 73.5 Å². The molecule has 0 aliphatic carbocycles. The van der Waals surface area contributed by atoms with Crippen molar-refractivity contribution >= 4 is 70.1 Å². The molecule has 1 heterocycles. The Morgan fingerprint density at radius 3 is 1.50 bits per heavy atom. The summed E-state index contributed by atoms with van der Waals surface area (Å²) in [6, 6.07) is 18.7. The maximum absolute atomic E-state index is 13.7. The van der Waals surface area contributed by atoms with Gasteiger partial charge in [0.05, 0.1) is 38.0 Å². The molecule has 1 aliphatic rings. The van der Waals surface area contributed by atoms with Gasteiger partial charge in [-0.05, 0) is 53.3 Å². The fourth-order valence-electron chi connectivity index (χ4n) is 8.48. The number of amides is 3. The molecule has 0 radical (unpaired) electrons. The van der Waals surface area contributed by atoms with Crippen LogP contribution in [-0.2, 0) is 56.1 Å². The van der Waals surface area contributed by atoms with Crippen LogP contribution in [0, 0.1) is 11.8 Å². The molecular formula is C51H67N7O16. The Balaban J connectivity index is 1.35. The van der Waals surface area contributed by atoms with Crippen LogP contribution in [0.25, 0.3) is 10.8 Å². The van der Waals surface area contributed by atoms with E-state index in [1.54, 1.807) is 43.9 Å². The van der Waals surface area contributed by atoms with Crippen LogP contribution in [0.3, 0.4) is 0 Å². The first kappa shape index (κ1) is 59.2. The molecule has 0 saturated carbocycles. The number of hydrogen-bond acceptors (Lipinski definition) is 14. The van der Waals surface area contributed by atoms with E-state index in [0.29, 0.717) is 12.0 Å². The Morgan fingerprint density at radius 2 is 1.00 bits per heavy atom. The molecule has 0 bridgehead atoms. The van der Waals surface area contributed by atoms with E-state index in [1.807, 2.05) is 42.5 Å². The minimum atomic E-state index is -1.34. The smallest absolute Gasteiger partial charge is 0.317 e. The molecular weight excluding hydrogens is 967 g/mol. The summed E-state index contributed by atoms with van der Waals surface area (Å²) in [5, 5.41) is 66.9. The van der Waals surface area contributed by atoms with Gasteiger partial charge in [0.2, 0.25) is 11.8 Å². The third kappa shape index (κ3) is 22.2. The number of benzene rings is 3. The van der Waals surface area contributed by atoms with Crippen molar-refractivity contribution in [2.75, 3.05) is 85.1 Å². The lowest BCUT2D eigenvalue weighted by Crippen LogP contribution is -2.49. The van der Waals surface area contributed by atoms with Crippen LogP contribution in [0.2, 0.25) is 0 Å². The summed E-state index contributed by atoms with van der Waals surface area (Å²) < 4.78 is 0. The van der Waals surface area contributed by atoms with Gasteiger partial charge in [0.1, 0.15) is 11.8 Å². The quantitative estimate of drug-likeness (QED) is 0.0441. The fourth-order valence-corrected chi connectivity index (χ4v) is 8.48. The number of Topliss-reactive ketones (excluding diaryl/α,β-unsaturated/α-hetero) is 1. The lowest BCUT2D eigenvalue weighted by Gasteiger charge is -2.32. The van der Waals surface area contributed by atoms with Crippen LogP contribution < -0.4 is 16.0 Å². The van der Waals surface area contributed by atoms with Crippen molar-refractivity contribution in [3.8, 4) is 0 Å². The number of carbonyl (C=O) groups excluding carboxylic acids is 4. The zero-order chi connectivity index (χ0) is 54.2. The third-order valence-corrected chi connectivity index (χ3v) is 12.6. The van der Waals surface area contributed by atoms with Crippen LogP contribution in [0.5, 0.6) is 0 Å². The van der Waals surface area contributed by atoms with E-state index >= 15 is 0 Å². The second kappa shape index (κ2) is 30.6. The van der Waals surface area contributed by atoms with Gasteiger partial charge < -0.3 is 46.6 Å². The maximum Gasteiger partial charge on any atom is 0.317 e. The molecule has 1 saturated heterocycles. The number of rotatable bonds is 29. The van der Waals surface area contributed by atoms with Crippen LogP contribution in [0.4, 0.5) is 0 Å². The van der Waals surface area contributed by atoms with Crippen molar-refractivity contribution < 1.29 is 78.6 Å². The first-order valence-electron chi connectivity index (χ1n) is 24.4. The van der Waals surface area contributed by atoms with Crippen LogP contribution in [-0.4, -0.2) is 201 Å². The summed E-state index contributed by atoms with van der Waals surface area (Å²) in [5.74, 6) is -11.4. The molecule has 1 unspecified atom stereocenters. The maximum atomic E-state index is 13.7. The van der Waals surface area contributed by atoms with E-state index in [4.69, 9.17) is 5.11 Å². The van der Waals surface area contributed by atoms with Crippen molar-refractivity contribution in [3.05, 3.63) is 83.4 Å². The van der Waals surface area contributed by atoms with Crippen molar-refractivity contribution in [2.45, 2.75) is 64.0 Å². The Labute approximate surface area is 427 Å². The minimum Gasteiger partial charge on any atom is -0.481 e. The molecule has 3 aromatic carbocycles. The number of carboxylic acid groups (broad SMARTS) is 6. The highest BCUT2D eigenvalue weighted by Gasteiger charge is 2.28. The minimum absolute atomic E-state index is 0.0578. The SMILES string of the molecule is O=C(O)CC[C@H](CC(=O)C[C@@H](CCCCNC(=O)C(Cc1ccc2ccccc2c1)NC(=O)c1ccc(CNC(=O)CN2CCN(CC(=O)O)CCN(CC(=O)O)CCN(CC(=O)O)CC2)cc1)C(=O)O)C(=O)O. The summed E-state index contributed by atoms with van der Waals surface area (Å²) in [6.07, 6.45) is -0.844. The first-order chi connectivity index (χ1) is 35.2. The summed E-state index contributed by atoms with van der Waals surface area (Å²) in [5.41, 5.74) is 1.64. The van der Waals surface area contributed by atoms with Gasteiger partial charge in [-0.1, -0.05) is 61.0 Å². The number of carbonyl (C=O) groups is 10. The summed E-state index contributed by atoms with van der Waals surface area (Å²) >= 11 is 0. The number of nitrogens with one attached hydrogen (secondary N) is 3. The fraction of sp³-hybridized carbons (Fsp3) is 0.490. The molecule has 3 aromatic rings. The van der Waals surface area contributed by atoms with Gasteiger partial charge in [-0.25, -0.2) is 0 Å². The highest BCUT2D eigenvalue weighted by molar-refractivity contribution is 5.98. The van der Waals surface area contributed by atoms with Crippen molar-refractivity contribution in [3.63, 3.8) is 0 Å². The lowest BCUT2D eigenvalue weighted by atomic mass is 9.90. The molecule has 1 aliphatic heterocycles. The highest BCUT2D eigenvalue weighted by atomic mass is 16.4. The molecule has 1 fully saturated rings. The van der Waals surface area contributed by atoms with Crippen LogP contribution >= 0.6 is 0 Å². The van der Waals surface area contributed by atoms with Gasteiger partial charge in [0.25, 0.3) is 5.91 Å². The highest BCUT2D eigenvalue weighted by Crippen LogP contribution is 2.20. The summed E-state index contributed by atoms with van der Waals surface area (Å²) in [6.45, 7) is 1.18. The van der Waals surface area contributed by atoms with Gasteiger partial charge in [-0.2, -0.15) is 0 Å². The average molecular weight is 1030 g/mol. The molecule has 9 N–H and O–H groups in total. The Kier molecular flexibility index (Phi) is 24.5. The lowest BCUT2D eigenvalue weighted by molar-refractivity contribution is -0.146. The predicted molar refractivity (Wildman–Crippen MR) is 266 cm³/mol. The Hall–Kier alpha value is -7.34. The van der Waals surface area contributed by atoms with Gasteiger partial charge in [0, 0.05) is 96.7 Å². The van der Waals surface area contributed by atoms with E-state index in [-0.39, 0.29) is 129 Å². The van der Waals surface area contributed by atoms with Crippen LogP contribution in [0.1, 0.15) is 66.4 Å². The third-order valence-electron chi connectivity index (χ3n) is 12.6. The molecule has 0 spiro atoms. The first-order valence-corrected chi connectivity index (χ1v) is 24.4. The topological polar surface area (TPSA) is 341 Å². The second-order valence-electron chi connectivity index (χ2n) is 18.4. The van der Waals surface area contributed by atoms with Gasteiger partial charge >= 0.3 is 35.8 Å².